The lowest BCUT2D eigenvalue weighted by Crippen LogP contribution is -2.27. The molecule has 1 amide bonds. The van der Waals surface area contributed by atoms with Crippen LogP contribution < -0.4 is 10.7 Å². The number of nitrogens with one attached hydrogen (secondary N) is 1. The third-order valence-corrected chi connectivity index (χ3v) is 5.09. The Balaban J connectivity index is 1.95. The number of benzene rings is 1. The third-order valence-electron chi connectivity index (χ3n) is 4.19. The molecule has 0 saturated heterocycles. The fraction of sp³-hybridized carbons (Fsp3) is 0.316. The van der Waals surface area contributed by atoms with Crippen LogP contribution in [-0.2, 0) is 12.6 Å². The van der Waals surface area contributed by atoms with Gasteiger partial charge < -0.3 is 0 Å². The maximum Gasteiger partial charge on any atom is 0.418 e. The first kappa shape index (κ1) is 21.6. The van der Waals surface area contributed by atoms with Crippen molar-refractivity contribution >= 4 is 22.4 Å². The van der Waals surface area contributed by atoms with E-state index in [-0.39, 0.29) is 16.5 Å². The lowest BCUT2D eigenvalue weighted by Gasteiger charge is -2.16. The zero-order valence-corrected chi connectivity index (χ0v) is 17.0. The van der Waals surface area contributed by atoms with Crippen molar-refractivity contribution in [3.05, 3.63) is 62.5 Å². The van der Waals surface area contributed by atoms with E-state index in [4.69, 9.17) is 0 Å². The van der Waals surface area contributed by atoms with Gasteiger partial charge in [-0.1, -0.05) is 36.8 Å². The Morgan fingerprint density at radius 2 is 1.97 bits per heavy atom. The van der Waals surface area contributed by atoms with Gasteiger partial charge in [-0.05, 0) is 25.5 Å². The van der Waals surface area contributed by atoms with Crippen molar-refractivity contribution in [1.29, 1.82) is 0 Å². The monoisotopic (exact) mass is 437 g/mol. The molecule has 0 bridgehead atoms. The number of anilines is 1. The summed E-state index contributed by atoms with van der Waals surface area (Å²) in [6.07, 6.45) is -2.01. The number of nitrogens with zero attached hydrogens (tertiary/aromatic N) is 4. The molecule has 1 aromatic carbocycles. The van der Waals surface area contributed by atoms with E-state index in [1.165, 1.54) is 36.5 Å². The summed E-state index contributed by atoms with van der Waals surface area (Å²) in [6.45, 7) is 3.47. The molecule has 0 aliphatic heterocycles. The van der Waals surface area contributed by atoms with E-state index in [0.717, 1.165) is 34.7 Å². The molecule has 30 heavy (non-hydrogen) atoms. The zero-order chi connectivity index (χ0) is 21.9. The second-order valence-corrected chi connectivity index (χ2v) is 7.55. The van der Waals surface area contributed by atoms with E-state index >= 15 is 0 Å². The predicted octanol–water partition coefficient (Wildman–Crippen LogP) is 4.01. The number of rotatable bonds is 6. The number of amides is 1. The number of carbonyl (C=O) groups is 1. The number of alkyl halides is 3. The average Bonchev–Trinajstić information content (AvgIpc) is 3.13. The topological polar surface area (TPSA) is 89.8 Å². The van der Waals surface area contributed by atoms with Crippen molar-refractivity contribution in [3.63, 3.8) is 0 Å². The van der Waals surface area contributed by atoms with Crippen molar-refractivity contribution in [2.24, 2.45) is 0 Å². The largest absolute Gasteiger partial charge is 0.418 e. The van der Waals surface area contributed by atoms with Crippen LogP contribution in [0.3, 0.4) is 0 Å². The fourth-order valence-electron chi connectivity index (χ4n) is 2.74. The molecule has 3 aromatic rings. The van der Waals surface area contributed by atoms with Crippen LogP contribution in [0.1, 0.15) is 46.5 Å². The highest BCUT2D eigenvalue weighted by Crippen LogP contribution is 2.33. The van der Waals surface area contributed by atoms with Gasteiger partial charge in [-0.3, -0.25) is 14.9 Å². The molecule has 0 aliphatic rings. The van der Waals surface area contributed by atoms with Gasteiger partial charge in [0.2, 0.25) is 10.6 Å². The molecular weight excluding hydrogens is 419 g/mol. The molecule has 0 unspecified atom stereocenters. The van der Waals surface area contributed by atoms with Gasteiger partial charge in [0.05, 0.1) is 11.3 Å². The molecular formula is C19H18F3N5O2S. The van der Waals surface area contributed by atoms with Crippen molar-refractivity contribution in [3.8, 4) is 5.69 Å². The number of carbonyl (C=O) groups excluding carboxylic acids is 1. The van der Waals surface area contributed by atoms with E-state index in [2.05, 4.69) is 20.6 Å². The van der Waals surface area contributed by atoms with Crippen LogP contribution in [0.25, 0.3) is 5.69 Å². The number of aromatic nitrogens is 4. The molecule has 0 fully saturated rings. The van der Waals surface area contributed by atoms with Gasteiger partial charge in [0.1, 0.15) is 5.01 Å². The number of unbranched alkanes of at least 4 members (excludes halogenated alkanes) is 1. The summed E-state index contributed by atoms with van der Waals surface area (Å²) in [7, 11) is 0. The zero-order valence-electron chi connectivity index (χ0n) is 16.2. The van der Waals surface area contributed by atoms with Crippen LogP contribution in [0.4, 0.5) is 18.3 Å². The minimum Gasteiger partial charge on any atom is -0.295 e. The van der Waals surface area contributed by atoms with Gasteiger partial charge in [-0.25, -0.2) is 4.68 Å². The van der Waals surface area contributed by atoms with Crippen LogP contribution in [0, 0.1) is 6.92 Å². The molecule has 0 aliphatic carbocycles. The van der Waals surface area contributed by atoms with Crippen LogP contribution in [0.5, 0.6) is 0 Å². The Morgan fingerprint density at radius 1 is 1.23 bits per heavy atom. The van der Waals surface area contributed by atoms with Crippen LogP contribution >= 0.6 is 11.3 Å². The molecule has 0 saturated carbocycles. The fourth-order valence-corrected chi connectivity index (χ4v) is 3.51. The van der Waals surface area contributed by atoms with Crippen LogP contribution in [0.2, 0.25) is 0 Å². The quantitative estimate of drug-likeness (QED) is 0.630. The van der Waals surface area contributed by atoms with Crippen molar-refractivity contribution in [2.45, 2.75) is 39.3 Å². The second kappa shape index (κ2) is 8.74. The molecule has 0 atom stereocenters. The Morgan fingerprint density at radius 3 is 2.67 bits per heavy atom. The normalized spacial score (nSPS) is 11.5. The van der Waals surface area contributed by atoms with Crippen molar-refractivity contribution in [2.75, 3.05) is 5.32 Å². The first-order valence-electron chi connectivity index (χ1n) is 9.12. The number of para-hydroxylation sites is 1. The smallest absolute Gasteiger partial charge is 0.295 e. The summed E-state index contributed by atoms with van der Waals surface area (Å²) in [5.41, 5.74) is -2.30. The molecule has 1 N–H and O–H groups in total. The Hall–Kier alpha value is -3.08. The summed E-state index contributed by atoms with van der Waals surface area (Å²) in [5, 5.41) is 15.1. The standard InChI is InChI=1S/C19H18F3N5O2S/c1-3-4-9-15-24-25-18(30-15)23-17(29)16-14(28)10-11(2)27(26-16)13-8-6-5-7-12(13)19(20,21)22/h5-8,10H,3-4,9H2,1-2H3,(H,23,25,29). The Bertz CT molecular complexity index is 1120. The maximum absolute atomic E-state index is 13.4. The third kappa shape index (κ3) is 4.73. The van der Waals surface area contributed by atoms with Crippen molar-refractivity contribution < 1.29 is 18.0 Å². The second-order valence-electron chi connectivity index (χ2n) is 6.48. The molecule has 158 valence electrons. The number of halogens is 3. The Kier molecular flexibility index (Phi) is 6.30. The highest BCUT2D eigenvalue weighted by atomic mass is 32.1. The molecule has 2 aromatic heterocycles. The minimum atomic E-state index is -4.63. The average molecular weight is 437 g/mol. The number of hydrogen-bond acceptors (Lipinski definition) is 6. The lowest BCUT2D eigenvalue weighted by molar-refractivity contribution is -0.137. The lowest BCUT2D eigenvalue weighted by atomic mass is 10.1. The highest BCUT2D eigenvalue weighted by molar-refractivity contribution is 7.15. The van der Waals surface area contributed by atoms with Gasteiger partial charge in [0.25, 0.3) is 5.91 Å². The maximum atomic E-state index is 13.4. The van der Waals surface area contributed by atoms with Crippen LogP contribution in [-0.4, -0.2) is 25.9 Å². The van der Waals surface area contributed by atoms with Crippen LogP contribution in [0.15, 0.2) is 35.1 Å². The van der Waals surface area contributed by atoms with Gasteiger partial charge in [0, 0.05) is 18.2 Å². The first-order valence-corrected chi connectivity index (χ1v) is 9.93. The number of hydrogen-bond donors (Lipinski definition) is 1. The first-order chi connectivity index (χ1) is 14.2. The molecule has 2 heterocycles. The summed E-state index contributed by atoms with van der Waals surface area (Å²) in [4.78, 5) is 24.9. The molecule has 11 heteroatoms. The molecule has 3 rings (SSSR count). The van der Waals surface area contributed by atoms with E-state index in [1.54, 1.807) is 0 Å². The van der Waals surface area contributed by atoms with Gasteiger partial charge in [-0.2, -0.15) is 18.3 Å². The van der Waals surface area contributed by atoms with E-state index in [9.17, 15) is 22.8 Å². The Labute approximate surface area is 173 Å². The van der Waals surface area contributed by atoms with Crippen molar-refractivity contribution in [1.82, 2.24) is 20.0 Å². The molecule has 0 radical (unpaired) electrons. The van der Waals surface area contributed by atoms with Gasteiger partial charge in [-0.15, -0.1) is 10.2 Å². The molecule has 7 nitrogen and oxygen atoms in total. The minimum absolute atomic E-state index is 0.158. The van der Waals surface area contributed by atoms with Gasteiger partial charge >= 0.3 is 6.18 Å². The highest BCUT2D eigenvalue weighted by Gasteiger charge is 2.34. The predicted molar refractivity (Wildman–Crippen MR) is 106 cm³/mol. The van der Waals surface area contributed by atoms with Gasteiger partial charge in [0.15, 0.2) is 5.69 Å². The van der Waals surface area contributed by atoms with E-state index in [1.807, 2.05) is 6.92 Å². The number of aryl methyl sites for hydroxylation is 2. The molecule has 0 spiro atoms. The van der Waals surface area contributed by atoms with E-state index < -0.39 is 28.8 Å². The summed E-state index contributed by atoms with van der Waals surface area (Å²) in [5.74, 6) is -0.864. The SMILES string of the molecule is CCCCc1nnc(NC(=O)c2nn(-c3ccccc3C(F)(F)F)c(C)cc2=O)s1. The summed E-state index contributed by atoms with van der Waals surface area (Å²) in [6, 6.07) is 5.88. The summed E-state index contributed by atoms with van der Waals surface area (Å²) >= 11 is 1.17. The summed E-state index contributed by atoms with van der Waals surface area (Å²) < 4.78 is 41.1. The van der Waals surface area contributed by atoms with E-state index in [0.29, 0.717) is 6.42 Å².